The summed E-state index contributed by atoms with van der Waals surface area (Å²) in [5.74, 6) is -0.381. The van der Waals surface area contributed by atoms with E-state index in [1.165, 1.54) is 116 Å². The van der Waals surface area contributed by atoms with Gasteiger partial charge in [-0.3, -0.25) is 9.59 Å². The molecule has 1 unspecified atom stereocenters. The van der Waals surface area contributed by atoms with Crippen molar-refractivity contribution in [3.63, 3.8) is 0 Å². The first-order valence-corrected chi connectivity index (χ1v) is 23.1. The van der Waals surface area contributed by atoms with Crippen molar-refractivity contribution < 1.29 is 45.3 Å². The Hall–Kier alpha value is -0.700. The largest absolute Gasteiger partial charge is 1.00 e. The van der Waals surface area contributed by atoms with Crippen molar-refractivity contribution in [2.75, 3.05) is 52.3 Å². The molecule has 0 heterocycles. The van der Waals surface area contributed by atoms with Crippen LogP contribution in [0.5, 0.6) is 0 Å². The number of carbonyl (C=O) groups is 2. The summed E-state index contributed by atoms with van der Waals surface area (Å²) in [5.41, 5.74) is 0. The number of esters is 2. The van der Waals surface area contributed by atoms with Gasteiger partial charge >= 0.3 is 11.9 Å². The van der Waals surface area contributed by atoms with Gasteiger partial charge in [0.05, 0.1) is 27.3 Å². The van der Waals surface area contributed by atoms with E-state index in [0.29, 0.717) is 37.1 Å². The minimum Gasteiger partial charge on any atom is -1.00 e. The number of quaternary nitrogens is 1. The molecule has 53 heavy (non-hydrogen) atoms. The third-order valence-corrected chi connectivity index (χ3v) is 10.1. The summed E-state index contributed by atoms with van der Waals surface area (Å²) < 4.78 is 17.9. The van der Waals surface area contributed by atoms with Crippen LogP contribution in [0.4, 0.5) is 0 Å². The van der Waals surface area contributed by atoms with E-state index in [2.05, 4.69) is 68.2 Å². The minimum absolute atomic E-state index is 0. The van der Waals surface area contributed by atoms with E-state index in [-0.39, 0.29) is 35.5 Å². The maximum absolute atomic E-state index is 12.8. The van der Waals surface area contributed by atoms with Crippen molar-refractivity contribution in [2.24, 2.45) is 0 Å². The van der Waals surface area contributed by atoms with Gasteiger partial charge in [0.1, 0.15) is 19.7 Å². The van der Waals surface area contributed by atoms with Crippen LogP contribution in [0.3, 0.4) is 0 Å². The molecular weight excluding hydrogens is 794 g/mol. The molecule has 0 fully saturated rings. The second-order valence-corrected chi connectivity index (χ2v) is 16.4. The quantitative estimate of drug-likeness (QED) is 0.0202. The molecule has 0 N–H and O–H groups in total. The molecule has 0 rings (SSSR count). The second-order valence-electron chi connectivity index (χ2n) is 15.6. The highest BCUT2D eigenvalue weighted by molar-refractivity contribution is 9.09. The van der Waals surface area contributed by atoms with E-state index < -0.39 is 6.10 Å². The van der Waals surface area contributed by atoms with Gasteiger partial charge in [-0.25, -0.2) is 0 Å². The molecule has 0 aromatic carbocycles. The molecule has 0 bridgehead atoms. The lowest BCUT2D eigenvalue weighted by atomic mass is 10.1. The predicted molar refractivity (Wildman–Crippen MR) is 226 cm³/mol. The molecule has 0 radical (unpaired) electrons. The van der Waals surface area contributed by atoms with Gasteiger partial charge in [0.15, 0.2) is 6.10 Å². The first-order valence-electron chi connectivity index (χ1n) is 21.9. The summed E-state index contributed by atoms with van der Waals surface area (Å²) in [4.78, 5) is 25.4. The summed E-state index contributed by atoms with van der Waals surface area (Å²) in [6.07, 6.45) is 41.7. The zero-order valence-electron chi connectivity index (χ0n) is 35.2. The highest BCUT2D eigenvalue weighted by atomic mass is 79.9. The smallest absolute Gasteiger partial charge is 0.306 e. The number of nitrogens with zero attached hydrogens (tertiary/aromatic N) is 1. The number of ether oxygens (including phenoxy) is 3. The third kappa shape index (κ3) is 42.3. The molecule has 0 amide bonds. The Bertz CT molecular complexity index is 851. The molecule has 0 saturated carbocycles. The van der Waals surface area contributed by atoms with Crippen molar-refractivity contribution >= 4 is 27.9 Å². The molecule has 0 aromatic rings. The van der Waals surface area contributed by atoms with Gasteiger partial charge in [0.25, 0.3) is 0 Å². The van der Waals surface area contributed by atoms with Crippen LogP contribution in [0, 0.1) is 0 Å². The van der Waals surface area contributed by atoms with Gasteiger partial charge in [0.2, 0.25) is 0 Å². The van der Waals surface area contributed by atoms with E-state index in [9.17, 15) is 9.59 Å². The summed E-state index contributed by atoms with van der Waals surface area (Å²) in [6.45, 7) is 7.32. The predicted octanol–water partition coefficient (Wildman–Crippen LogP) is 10.0. The monoisotopic (exact) mass is 877 g/mol. The topological polar surface area (TPSA) is 61.8 Å². The maximum atomic E-state index is 12.8. The zero-order valence-corrected chi connectivity index (χ0v) is 38.3. The number of halogens is 2. The van der Waals surface area contributed by atoms with E-state index in [4.69, 9.17) is 14.2 Å². The zero-order chi connectivity index (χ0) is 38.2. The Morgan fingerprint density at radius 2 is 0.962 bits per heavy atom. The molecule has 0 aliphatic carbocycles. The lowest BCUT2D eigenvalue weighted by molar-refractivity contribution is -0.893. The van der Waals surface area contributed by atoms with Crippen LogP contribution in [-0.2, 0) is 23.8 Å². The fraction of sp³-hybridized carbons (Fsp3) is 0.867. The minimum atomic E-state index is -0.458. The average molecular weight is 880 g/mol. The lowest BCUT2D eigenvalue weighted by Crippen LogP contribution is -3.00. The summed E-state index contributed by atoms with van der Waals surface area (Å²) in [5, 5.41) is 0.809. The van der Waals surface area contributed by atoms with Crippen molar-refractivity contribution in [2.45, 2.75) is 200 Å². The Labute approximate surface area is 347 Å². The summed E-state index contributed by atoms with van der Waals surface area (Å²) >= 11 is 3.40. The molecule has 6 nitrogen and oxygen atoms in total. The van der Waals surface area contributed by atoms with E-state index in [0.717, 1.165) is 63.2 Å². The highest BCUT2D eigenvalue weighted by Gasteiger charge is 2.26. The molecule has 0 spiro atoms. The van der Waals surface area contributed by atoms with Crippen LogP contribution in [0.2, 0.25) is 0 Å². The maximum Gasteiger partial charge on any atom is 0.306 e. The Morgan fingerprint density at radius 1 is 0.566 bits per heavy atom. The van der Waals surface area contributed by atoms with Crippen LogP contribution >= 0.6 is 15.9 Å². The molecule has 8 heteroatoms. The van der Waals surface area contributed by atoms with Gasteiger partial charge < -0.3 is 35.7 Å². The SMILES string of the molecule is CCCCCCCCC=CCCCCCCCC(=O)OCC(C[N+](C)(C)CCOCCBr)OC(=O)CCCCCCCC=CCCCCCCCC.[Br-]. The number of allylic oxidation sites excluding steroid dienone is 4. The Kier molecular flexibility index (Phi) is 43.6. The fourth-order valence-electron chi connectivity index (χ4n) is 6.42. The van der Waals surface area contributed by atoms with Gasteiger partial charge in [0, 0.05) is 18.2 Å². The molecule has 0 aliphatic heterocycles. The number of hydrogen-bond donors (Lipinski definition) is 0. The molecule has 0 saturated heterocycles. The van der Waals surface area contributed by atoms with Gasteiger partial charge in [-0.2, -0.15) is 0 Å². The van der Waals surface area contributed by atoms with Gasteiger partial charge in [-0.1, -0.05) is 157 Å². The van der Waals surface area contributed by atoms with Crippen molar-refractivity contribution in [3.05, 3.63) is 24.3 Å². The lowest BCUT2D eigenvalue weighted by Gasteiger charge is -2.33. The Balaban J connectivity index is 0. The first-order chi connectivity index (χ1) is 25.3. The van der Waals surface area contributed by atoms with Crippen LogP contribution in [0.1, 0.15) is 194 Å². The van der Waals surface area contributed by atoms with E-state index >= 15 is 0 Å². The van der Waals surface area contributed by atoms with Gasteiger partial charge in [-0.15, -0.1) is 0 Å². The molecule has 0 aromatic heterocycles. The molecule has 1 atom stereocenters. The highest BCUT2D eigenvalue weighted by Crippen LogP contribution is 2.14. The normalized spacial score (nSPS) is 12.4. The molecule has 314 valence electrons. The molecule has 0 aliphatic rings. The van der Waals surface area contributed by atoms with Crippen molar-refractivity contribution in [1.82, 2.24) is 0 Å². The number of carbonyl (C=O) groups excluding carboxylic acids is 2. The second kappa shape index (κ2) is 42.4. The van der Waals surface area contributed by atoms with Crippen molar-refractivity contribution in [3.8, 4) is 0 Å². The fourth-order valence-corrected chi connectivity index (χ4v) is 6.65. The standard InChI is InChI=1S/C45H85BrNO5.BrH/c1-5-7-9-11-13-15-17-19-21-23-25-27-29-31-33-35-44(48)51-42-43(41-47(3,4)38-40-50-39-37-46)52-45(49)36-34-32-30-28-26-24-22-20-18-16-14-12-10-8-6-2;/h19-22,43H,5-18,23-42H2,1-4H3;1H/q+1;/p-1. The number of hydrogen-bond acceptors (Lipinski definition) is 5. The van der Waals surface area contributed by atoms with Crippen LogP contribution < -0.4 is 17.0 Å². The van der Waals surface area contributed by atoms with Crippen LogP contribution in [0.25, 0.3) is 0 Å². The Morgan fingerprint density at radius 3 is 1.40 bits per heavy atom. The van der Waals surface area contributed by atoms with Crippen LogP contribution in [-0.4, -0.2) is 74.9 Å². The number of rotatable bonds is 40. The van der Waals surface area contributed by atoms with Gasteiger partial charge in [-0.05, 0) is 64.2 Å². The van der Waals surface area contributed by atoms with E-state index in [1.54, 1.807) is 0 Å². The summed E-state index contributed by atoms with van der Waals surface area (Å²) in [6, 6.07) is 0. The number of unbranched alkanes of at least 4 members (excludes halogenated alkanes) is 22. The number of alkyl halides is 1. The van der Waals surface area contributed by atoms with E-state index in [1.807, 2.05) is 0 Å². The molecular formula is C45H85Br2NO5. The average Bonchev–Trinajstić information content (AvgIpc) is 3.12. The first kappa shape index (κ1) is 54.4. The van der Waals surface area contributed by atoms with Crippen molar-refractivity contribution in [1.29, 1.82) is 0 Å². The third-order valence-electron chi connectivity index (χ3n) is 9.77. The number of likely N-dealkylation sites (N-methyl/N-ethyl adjacent to an activating group) is 1. The van der Waals surface area contributed by atoms with Crippen LogP contribution in [0.15, 0.2) is 24.3 Å². The summed E-state index contributed by atoms with van der Waals surface area (Å²) in [7, 11) is 4.21.